The van der Waals surface area contributed by atoms with Crippen LogP contribution in [0.1, 0.15) is 38.7 Å². The lowest BCUT2D eigenvalue weighted by Gasteiger charge is -2.23. The highest BCUT2D eigenvalue weighted by Crippen LogP contribution is 2.38. The van der Waals surface area contributed by atoms with Crippen LogP contribution in [-0.4, -0.2) is 43.3 Å². The maximum atomic E-state index is 13.2. The monoisotopic (exact) mass is 460 g/mol. The van der Waals surface area contributed by atoms with Crippen molar-refractivity contribution in [3.05, 3.63) is 44.6 Å². The van der Waals surface area contributed by atoms with Gasteiger partial charge in [0.15, 0.2) is 17.2 Å². The molecule has 0 unspecified atom stereocenters. The maximum absolute atomic E-state index is 13.2. The van der Waals surface area contributed by atoms with E-state index in [1.165, 1.54) is 36.9 Å². The first-order valence-corrected chi connectivity index (χ1v) is 10.7. The molecular weight excluding hydrogens is 428 g/mol. The molecule has 0 saturated heterocycles. The zero-order valence-electron chi connectivity index (χ0n) is 19.8. The number of hydrogen-bond donors (Lipinski definition) is 2. The number of aromatic nitrogens is 2. The van der Waals surface area contributed by atoms with E-state index in [4.69, 9.17) is 19.9 Å². The van der Waals surface area contributed by atoms with Crippen LogP contribution in [0.5, 0.6) is 17.2 Å². The lowest BCUT2D eigenvalue weighted by atomic mass is 10.1. The van der Waals surface area contributed by atoms with Gasteiger partial charge < -0.3 is 24.8 Å². The number of benzene rings is 1. The minimum absolute atomic E-state index is 0.0313. The summed E-state index contributed by atoms with van der Waals surface area (Å²) in [6, 6.07) is 3.40. The summed E-state index contributed by atoms with van der Waals surface area (Å²) in [5.41, 5.74) is 5.48. The number of nitrogen functional groups attached to an aromatic ring is 1. The second-order valence-electron chi connectivity index (χ2n) is 7.28. The minimum Gasteiger partial charge on any atom is -0.493 e. The number of carbonyl (C=O) groups is 1. The topological polar surface area (TPSA) is 129 Å². The number of ether oxygens (including phenoxy) is 3. The third kappa shape index (κ3) is 5.76. The molecule has 0 saturated carbocycles. The summed E-state index contributed by atoms with van der Waals surface area (Å²) in [4.78, 5) is 41.5. The van der Waals surface area contributed by atoms with E-state index in [1.807, 2.05) is 13.8 Å². The van der Waals surface area contributed by atoms with Gasteiger partial charge in [-0.15, -0.1) is 0 Å². The van der Waals surface area contributed by atoms with Crippen LogP contribution in [0, 0.1) is 0 Å². The van der Waals surface area contributed by atoms with Crippen molar-refractivity contribution in [2.75, 3.05) is 38.5 Å². The van der Waals surface area contributed by atoms with Gasteiger partial charge in [0.25, 0.3) is 11.5 Å². The summed E-state index contributed by atoms with van der Waals surface area (Å²) in [7, 11) is 4.51. The zero-order valence-corrected chi connectivity index (χ0v) is 19.8. The van der Waals surface area contributed by atoms with Gasteiger partial charge in [0.2, 0.25) is 5.75 Å². The number of aromatic amines is 1. The molecule has 0 aliphatic rings. The predicted octanol–water partition coefficient (Wildman–Crippen LogP) is 2.40. The summed E-state index contributed by atoms with van der Waals surface area (Å²) in [6.45, 7) is 4.45. The molecule has 0 bridgehead atoms. The Hall–Kier alpha value is -3.69. The van der Waals surface area contributed by atoms with E-state index in [1.54, 1.807) is 18.2 Å². The fourth-order valence-corrected chi connectivity index (χ4v) is 3.39. The van der Waals surface area contributed by atoms with E-state index in [9.17, 15) is 14.4 Å². The maximum Gasteiger partial charge on any atom is 0.330 e. The molecule has 1 amide bonds. The first-order chi connectivity index (χ1) is 15.8. The van der Waals surface area contributed by atoms with Crippen molar-refractivity contribution in [2.24, 2.45) is 0 Å². The Labute approximate surface area is 192 Å². The normalized spacial score (nSPS) is 10.9. The molecule has 3 N–H and O–H groups in total. The largest absolute Gasteiger partial charge is 0.493 e. The van der Waals surface area contributed by atoms with E-state index in [0.29, 0.717) is 42.2 Å². The quantitative estimate of drug-likeness (QED) is 0.493. The molecule has 1 aromatic carbocycles. The molecule has 2 rings (SSSR count). The predicted molar refractivity (Wildman–Crippen MR) is 128 cm³/mol. The molecule has 1 heterocycles. The molecule has 1 aromatic heterocycles. The van der Waals surface area contributed by atoms with Crippen LogP contribution in [0.15, 0.2) is 27.8 Å². The van der Waals surface area contributed by atoms with E-state index in [-0.39, 0.29) is 18.1 Å². The van der Waals surface area contributed by atoms with Crippen molar-refractivity contribution in [1.82, 2.24) is 9.55 Å². The van der Waals surface area contributed by atoms with Gasteiger partial charge in [-0.25, -0.2) is 4.79 Å². The summed E-state index contributed by atoms with van der Waals surface area (Å²) < 4.78 is 17.3. The van der Waals surface area contributed by atoms with Crippen LogP contribution in [0.3, 0.4) is 0 Å². The van der Waals surface area contributed by atoms with Crippen LogP contribution >= 0.6 is 0 Å². The SMILES string of the molecule is CCCCN(C(=O)/C=C/c1cc(OC)c(OC)c(OC)c1)c1c(N)n(CCC)c(=O)[nH]c1=O. The highest BCUT2D eigenvalue weighted by atomic mass is 16.5. The van der Waals surface area contributed by atoms with Gasteiger partial charge in [-0.05, 0) is 36.6 Å². The smallest absolute Gasteiger partial charge is 0.330 e. The molecule has 33 heavy (non-hydrogen) atoms. The first-order valence-electron chi connectivity index (χ1n) is 10.7. The minimum atomic E-state index is -0.699. The molecule has 0 atom stereocenters. The van der Waals surface area contributed by atoms with Crippen molar-refractivity contribution in [1.29, 1.82) is 0 Å². The number of amides is 1. The van der Waals surface area contributed by atoms with Gasteiger partial charge in [-0.3, -0.25) is 19.1 Å². The lowest BCUT2D eigenvalue weighted by Crippen LogP contribution is -2.41. The van der Waals surface area contributed by atoms with E-state index in [0.717, 1.165) is 6.42 Å². The van der Waals surface area contributed by atoms with Crippen molar-refractivity contribution < 1.29 is 19.0 Å². The molecule has 180 valence electrons. The first kappa shape index (κ1) is 25.6. The van der Waals surface area contributed by atoms with Gasteiger partial charge >= 0.3 is 5.69 Å². The highest BCUT2D eigenvalue weighted by Gasteiger charge is 2.22. The number of unbranched alkanes of at least 4 members (excludes halogenated alkanes) is 1. The molecule has 10 nitrogen and oxygen atoms in total. The Bertz CT molecular complexity index is 1090. The van der Waals surface area contributed by atoms with E-state index in [2.05, 4.69) is 4.98 Å². The molecule has 0 aliphatic heterocycles. The van der Waals surface area contributed by atoms with Crippen molar-refractivity contribution >= 4 is 23.5 Å². The number of H-pyrrole nitrogens is 1. The molecular formula is C23H32N4O6. The van der Waals surface area contributed by atoms with Gasteiger partial charge in [-0.2, -0.15) is 0 Å². The number of hydrogen-bond acceptors (Lipinski definition) is 7. The summed E-state index contributed by atoms with van der Waals surface area (Å²) in [5, 5.41) is 0. The van der Waals surface area contributed by atoms with Crippen molar-refractivity contribution in [2.45, 2.75) is 39.7 Å². The van der Waals surface area contributed by atoms with Crippen LogP contribution in [0.2, 0.25) is 0 Å². The fourth-order valence-electron chi connectivity index (χ4n) is 3.39. The Morgan fingerprint density at radius 2 is 1.73 bits per heavy atom. The molecule has 0 radical (unpaired) electrons. The second-order valence-corrected chi connectivity index (χ2v) is 7.28. The van der Waals surface area contributed by atoms with E-state index >= 15 is 0 Å². The molecule has 0 spiro atoms. The van der Waals surface area contributed by atoms with E-state index < -0.39 is 17.2 Å². The number of nitrogens with two attached hydrogens (primary N) is 1. The van der Waals surface area contributed by atoms with Gasteiger partial charge in [0, 0.05) is 19.2 Å². The van der Waals surface area contributed by atoms with Gasteiger partial charge in [0.1, 0.15) is 5.82 Å². The van der Waals surface area contributed by atoms with Crippen LogP contribution in [-0.2, 0) is 11.3 Å². The Morgan fingerprint density at radius 3 is 2.24 bits per heavy atom. The van der Waals surface area contributed by atoms with Crippen LogP contribution in [0.25, 0.3) is 6.08 Å². The highest BCUT2D eigenvalue weighted by molar-refractivity contribution is 6.05. The van der Waals surface area contributed by atoms with Crippen LogP contribution in [0.4, 0.5) is 11.5 Å². The number of carbonyl (C=O) groups excluding carboxylic acids is 1. The zero-order chi connectivity index (χ0) is 24.5. The number of nitrogens with one attached hydrogen (secondary N) is 1. The Morgan fingerprint density at radius 1 is 1.09 bits per heavy atom. The van der Waals surface area contributed by atoms with Gasteiger partial charge in [0.05, 0.1) is 21.3 Å². The van der Waals surface area contributed by atoms with Gasteiger partial charge in [-0.1, -0.05) is 20.3 Å². The summed E-state index contributed by atoms with van der Waals surface area (Å²) in [5.74, 6) is 0.844. The number of methoxy groups -OCH3 is 3. The van der Waals surface area contributed by atoms with Crippen LogP contribution < -0.4 is 36.1 Å². The average Bonchev–Trinajstić information content (AvgIpc) is 2.81. The Balaban J connectivity index is 2.50. The molecule has 0 fully saturated rings. The number of nitrogens with zero attached hydrogens (tertiary/aromatic N) is 2. The standard InChI is InChI=1S/C23H32N4O6/c1-6-8-12-26(19-21(24)27(11-7-2)23(30)25-22(19)29)18(28)10-9-15-13-16(31-3)20(33-5)17(14-15)32-4/h9-10,13-14H,6-8,11-12,24H2,1-5H3,(H,25,29,30)/b10-9+. The summed E-state index contributed by atoms with van der Waals surface area (Å²) in [6.07, 6.45) is 5.00. The molecule has 10 heteroatoms. The number of rotatable bonds is 11. The fraction of sp³-hybridized carbons (Fsp3) is 0.435. The third-order valence-electron chi connectivity index (χ3n) is 5.04. The van der Waals surface area contributed by atoms with Crippen molar-refractivity contribution in [3.63, 3.8) is 0 Å². The molecule has 2 aromatic rings. The summed E-state index contributed by atoms with van der Waals surface area (Å²) >= 11 is 0. The lowest BCUT2D eigenvalue weighted by molar-refractivity contribution is -0.114. The Kier molecular flexibility index (Phi) is 9.14. The molecule has 0 aliphatic carbocycles. The van der Waals surface area contributed by atoms with Crippen molar-refractivity contribution in [3.8, 4) is 17.2 Å². The second kappa shape index (κ2) is 11.8. The third-order valence-corrected chi connectivity index (χ3v) is 5.04. The average molecular weight is 461 g/mol. The number of anilines is 2.